The van der Waals surface area contributed by atoms with E-state index in [9.17, 15) is 17.6 Å². The minimum atomic E-state index is -3.72. The van der Waals surface area contributed by atoms with Crippen LogP contribution in [0.3, 0.4) is 0 Å². The molecule has 8 heteroatoms. The number of halogens is 2. The van der Waals surface area contributed by atoms with Crippen LogP contribution in [0.5, 0.6) is 0 Å². The molecule has 2 rings (SSSR count). The molecule has 0 aromatic heterocycles. The van der Waals surface area contributed by atoms with Crippen LogP contribution in [-0.4, -0.2) is 27.1 Å². The SMILES string of the molecule is Cc1cc(C)c(N(CC(=O)NCc2ccc(F)cc2)S(C)(=O)=O)c(Cl)c1. The largest absolute Gasteiger partial charge is 0.350 e. The van der Waals surface area contributed by atoms with Crippen LogP contribution in [0.1, 0.15) is 16.7 Å². The number of amides is 1. The molecule has 2 aromatic rings. The first-order valence-electron chi connectivity index (χ1n) is 7.83. The van der Waals surface area contributed by atoms with E-state index in [-0.39, 0.29) is 23.1 Å². The average Bonchev–Trinajstić information content (AvgIpc) is 2.51. The summed E-state index contributed by atoms with van der Waals surface area (Å²) in [6.45, 7) is 3.35. The lowest BCUT2D eigenvalue weighted by molar-refractivity contribution is -0.119. The van der Waals surface area contributed by atoms with Crippen LogP contribution in [0.25, 0.3) is 0 Å². The second-order valence-corrected chi connectivity index (χ2v) is 8.40. The highest BCUT2D eigenvalue weighted by Crippen LogP contribution is 2.32. The maximum Gasteiger partial charge on any atom is 0.241 e. The van der Waals surface area contributed by atoms with Gasteiger partial charge >= 0.3 is 0 Å². The highest BCUT2D eigenvalue weighted by molar-refractivity contribution is 7.92. The minimum Gasteiger partial charge on any atom is -0.350 e. The Morgan fingerprint density at radius 1 is 1.19 bits per heavy atom. The van der Waals surface area contributed by atoms with Gasteiger partial charge in [0, 0.05) is 6.54 Å². The summed E-state index contributed by atoms with van der Waals surface area (Å²) in [6, 6.07) is 9.13. The van der Waals surface area contributed by atoms with E-state index >= 15 is 0 Å². The summed E-state index contributed by atoms with van der Waals surface area (Å²) in [4.78, 5) is 12.3. The van der Waals surface area contributed by atoms with Crippen LogP contribution in [0.15, 0.2) is 36.4 Å². The molecule has 0 unspecified atom stereocenters. The van der Waals surface area contributed by atoms with Crippen LogP contribution in [0, 0.1) is 19.7 Å². The van der Waals surface area contributed by atoms with Gasteiger partial charge in [0.25, 0.3) is 0 Å². The van der Waals surface area contributed by atoms with Gasteiger partial charge in [0.2, 0.25) is 15.9 Å². The number of aryl methyl sites for hydroxylation is 2. The van der Waals surface area contributed by atoms with Crippen LogP contribution < -0.4 is 9.62 Å². The molecule has 0 heterocycles. The number of hydrogen-bond donors (Lipinski definition) is 1. The third kappa shape index (κ3) is 5.19. The fraction of sp³-hybridized carbons (Fsp3) is 0.278. The monoisotopic (exact) mass is 398 g/mol. The summed E-state index contributed by atoms with van der Waals surface area (Å²) < 4.78 is 38.3. The van der Waals surface area contributed by atoms with Gasteiger partial charge in [0.15, 0.2) is 0 Å². The lowest BCUT2D eigenvalue weighted by Crippen LogP contribution is -2.40. The van der Waals surface area contributed by atoms with Crippen molar-refractivity contribution >= 4 is 33.2 Å². The second kappa shape index (κ2) is 8.05. The fourth-order valence-corrected chi connectivity index (χ4v) is 3.97. The van der Waals surface area contributed by atoms with Crippen LogP contribution in [-0.2, 0) is 21.4 Å². The summed E-state index contributed by atoms with van der Waals surface area (Å²) in [5.74, 6) is -0.858. The highest BCUT2D eigenvalue weighted by Gasteiger charge is 2.24. The molecular weight excluding hydrogens is 379 g/mol. The minimum absolute atomic E-state index is 0.164. The van der Waals surface area contributed by atoms with E-state index in [1.165, 1.54) is 12.1 Å². The molecule has 5 nitrogen and oxygen atoms in total. The molecule has 1 N–H and O–H groups in total. The molecule has 0 radical (unpaired) electrons. The van der Waals surface area contributed by atoms with Gasteiger partial charge in [-0.2, -0.15) is 0 Å². The van der Waals surface area contributed by atoms with E-state index in [0.29, 0.717) is 11.1 Å². The topological polar surface area (TPSA) is 66.5 Å². The molecule has 1 amide bonds. The third-order valence-electron chi connectivity index (χ3n) is 3.74. The van der Waals surface area contributed by atoms with Crippen molar-refractivity contribution in [1.82, 2.24) is 5.32 Å². The molecule has 2 aromatic carbocycles. The van der Waals surface area contributed by atoms with Crippen molar-refractivity contribution in [2.75, 3.05) is 17.1 Å². The Balaban J connectivity index is 2.19. The van der Waals surface area contributed by atoms with Gasteiger partial charge in [0.1, 0.15) is 12.4 Å². The number of nitrogens with one attached hydrogen (secondary N) is 1. The number of anilines is 1. The molecule has 0 atom stereocenters. The zero-order chi connectivity index (χ0) is 19.5. The first-order valence-corrected chi connectivity index (χ1v) is 10.1. The number of carbonyl (C=O) groups is 1. The molecule has 0 bridgehead atoms. The van der Waals surface area contributed by atoms with Crippen LogP contribution >= 0.6 is 11.6 Å². The van der Waals surface area contributed by atoms with Crippen molar-refractivity contribution in [3.8, 4) is 0 Å². The lowest BCUT2D eigenvalue weighted by Gasteiger charge is -2.25. The first-order chi connectivity index (χ1) is 12.1. The predicted molar refractivity (Wildman–Crippen MR) is 101 cm³/mol. The molecule has 0 saturated heterocycles. The zero-order valence-corrected chi connectivity index (χ0v) is 16.3. The molecule has 0 aliphatic rings. The number of sulfonamides is 1. The van der Waals surface area contributed by atoms with Crippen LogP contribution in [0.4, 0.5) is 10.1 Å². The van der Waals surface area contributed by atoms with Gasteiger partial charge in [-0.05, 0) is 48.7 Å². The number of rotatable bonds is 6. The molecular formula is C18H20ClFN2O3S. The van der Waals surface area contributed by atoms with Crippen molar-refractivity contribution in [3.63, 3.8) is 0 Å². The van der Waals surface area contributed by atoms with Gasteiger partial charge in [0.05, 0.1) is 17.0 Å². The highest BCUT2D eigenvalue weighted by atomic mass is 35.5. The predicted octanol–water partition coefficient (Wildman–Crippen LogP) is 3.18. The normalized spacial score (nSPS) is 11.3. The van der Waals surface area contributed by atoms with Crippen LogP contribution in [0.2, 0.25) is 5.02 Å². The Hall–Kier alpha value is -2.12. The summed E-state index contributed by atoms with van der Waals surface area (Å²) in [5, 5.41) is 2.89. The lowest BCUT2D eigenvalue weighted by atomic mass is 10.1. The van der Waals surface area contributed by atoms with E-state index in [0.717, 1.165) is 16.1 Å². The first kappa shape index (κ1) is 20.2. The molecule has 26 heavy (non-hydrogen) atoms. The van der Waals surface area contributed by atoms with Crippen molar-refractivity contribution < 1.29 is 17.6 Å². The second-order valence-electron chi connectivity index (χ2n) is 6.09. The Morgan fingerprint density at radius 2 is 1.81 bits per heavy atom. The van der Waals surface area contributed by atoms with Crippen molar-refractivity contribution in [2.45, 2.75) is 20.4 Å². The van der Waals surface area contributed by atoms with Crippen molar-refractivity contribution in [2.24, 2.45) is 0 Å². The number of nitrogens with zero attached hydrogens (tertiary/aromatic N) is 1. The van der Waals surface area contributed by atoms with Gasteiger partial charge in [-0.15, -0.1) is 0 Å². The molecule has 0 aliphatic carbocycles. The molecule has 0 aliphatic heterocycles. The summed E-state index contributed by atoms with van der Waals surface area (Å²) >= 11 is 6.23. The quantitative estimate of drug-likeness (QED) is 0.812. The summed E-state index contributed by atoms with van der Waals surface area (Å²) in [5.41, 5.74) is 2.55. The Bertz CT molecular complexity index is 892. The van der Waals surface area contributed by atoms with Crippen molar-refractivity contribution in [1.29, 1.82) is 0 Å². The van der Waals surface area contributed by atoms with Crippen molar-refractivity contribution in [3.05, 3.63) is 63.9 Å². The number of hydrogen-bond acceptors (Lipinski definition) is 3. The maximum atomic E-state index is 12.9. The van der Waals surface area contributed by atoms with Gasteiger partial charge in [-0.3, -0.25) is 9.10 Å². The van der Waals surface area contributed by atoms with Gasteiger partial charge in [-0.25, -0.2) is 12.8 Å². The van der Waals surface area contributed by atoms with E-state index in [1.54, 1.807) is 31.2 Å². The Morgan fingerprint density at radius 3 is 2.35 bits per heavy atom. The number of carbonyl (C=O) groups excluding carboxylic acids is 1. The number of benzene rings is 2. The standard InChI is InChI=1S/C18H20ClFN2O3S/c1-12-8-13(2)18(16(19)9-12)22(26(3,24)25)11-17(23)21-10-14-4-6-15(20)7-5-14/h4-9H,10-11H2,1-3H3,(H,21,23). The van der Waals surface area contributed by atoms with Gasteiger partial charge in [-0.1, -0.05) is 29.8 Å². The summed E-state index contributed by atoms with van der Waals surface area (Å²) in [7, 11) is -3.72. The molecule has 0 saturated carbocycles. The maximum absolute atomic E-state index is 12.9. The smallest absolute Gasteiger partial charge is 0.241 e. The Kier molecular flexibility index (Phi) is 6.26. The van der Waals surface area contributed by atoms with Gasteiger partial charge < -0.3 is 5.32 Å². The van der Waals surface area contributed by atoms with E-state index in [2.05, 4.69) is 5.32 Å². The zero-order valence-electron chi connectivity index (χ0n) is 14.7. The molecule has 0 fully saturated rings. The fourth-order valence-electron chi connectivity index (χ4n) is 2.58. The van der Waals surface area contributed by atoms with E-state index < -0.39 is 22.5 Å². The average molecular weight is 399 g/mol. The third-order valence-corrected chi connectivity index (χ3v) is 5.14. The Labute approximate surface area is 157 Å². The molecule has 140 valence electrons. The van der Waals surface area contributed by atoms with E-state index in [4.69, 9.17) is 11.6 Å². The molecule has 0 spiro atoms. The summed E-state index contributed by atoms with van der Waals surface area (Å²) in [6.07, 6.45) is 1.02. The van der Waals surface area contributed by atoms with E-state index in [1.807, 2.05) is 6.92 Å².